The van der Waals surface area contributed by atoms with E-state index in [9.17, 15) is 4.39 Å². The van der Waals surface area contributed by atoms with Gasteiger partial charge in [0, 0.05) is 25.8 Å². The van der Waals surface area contributed by atoms with Crippen LogP contribution in [0.4, 0.5) is 4.39 Å². The molecule has 0 aromatic heterocycles. The predicted molar refractivity (Wildman–Crippen MR) is 75.2 cm³/mol. The Hall–Kier alpha value is -1.13. The summed E-state index contributed by atoms with van der Waals surface area (Å²) in [6, 6.07) is 4.93. The van der Waals surface area contributed by atoms with Gasteiger partial charge in [0.2, 0.25) is 0 Å². The summed E-state index contributed by atoms with van der Waals surface area (Å²) in [6.07, 6.45) is 2.27. The average molecular weight is 269 g/mol. The minimum Gasteiger partial charge on any atom is -0.492 e. The highest BCUT2D eigenvalue weighted by atomic mass is 19.1. The van der Waals surface area contributed by atoms with E-state index in [-0.39, 0.29) is 5.82 Å². The van der Waals surface area contributed by atoms with Crippen molar-refractivity contribution in [3.05, 3.63) is 29.6 Å². The third kappa shape index (κ3) is 7.13. The summed E-state index contributed by atoms with van der Waals surface area (Å²) in [5, 5.41) is 3.21. The van der Waals surface area contributed by atoms with Gasteiger partial charge in [-0.2, -0.15) is 0 Å². The molecule has 0 radical (unpaired) electrons. The SMILES string of the molecule is CCCCOCCNCCOc1ccc(C)c(F)c1. The molecule has 0 fully saturated rings. The molecule has 0 aliphatic heterocycles. The van der Waals surface area contributed by atoms with Crippen LogP contribution in [0.3, 0.4) is 0 Å². The van der Waals surface area contributed by atoms with Crippen molar-refractivity contribution in [3.8, 4) is 5.75 Å². The second-order valence-corrected chi connectivity index (χ2v) is 4.48. The first-order chi connectivity index (χ1) is 9.24. The lowest BCUT2D eigenvalue weighted by Crippen LogP contribution is -2.25. The summed E-state index contributed by atoms with van der Waals surface area (Å²) in [5.74, 6) is 0.346. The van der Waals surface area contributed by atoms with Crippen LogP contribution in [0.5, 0.6) is 5.75 Å². The van der Waals surface area contributed by atoms with Gasteiger partial charge in [0.1, 0.15) is 18.2 Å². The van der Waals surface area contributed by atoms with Gasteiger partial charge < -0.3 is 14.8 Å². The van der Waals surface area contributed by atoms with E-state index in [1.807, 2.05) is 0 Å². The van der Waals surface area contributed by atoms with E-state index in [1.54, 1.807) is 19.1 Å². The Kier molecular flexibility index (Phi) is 8.18. The lowest BCUT2D eigenvalue weighted by Gasteiger charge is -2.08. The first kappa shape index (κ1) is 15.9. The van der Waals surface area contributed by atoms with Crippen molar-refractivity contribution >= 4 is 0 Å². The van der Waals surface area contributed by atoms with Gasteiger partial charge in [-0.05, 0) is 25.0 Å². The zero-order valence-corrected chi connectivity index (χ0v) is 11.9. The Labute approximate surface area is 115 Å². The van der Waals surface area contributed by atoms with E-state index in [0.29, 0.717) is 17.9 Å². The molecule has 0 saturated heterocycles. The minimum absolute atomic E-state index is 0.227. The lowest BCUT2D eigenvalue weighted by atomic mass is 10.2. The van der Waals surface area contributed by atoms with Crippen LogP contribution in [0.25, 0.3) is 0 Å². The van der Waals surface area contributed by atoms with Crippen molar-refractivity contribution in [1.29, 1.82) is 0 Å². The number of aryl methyl sites for hydroxylation is 1. The van der Waals surface area contributed by atoms with E-state index in [1.165, 1.54) is 6.07 Å². The third-order valence-corrected chi connectivity index (χ3v) is 2.76. The van der Waals surface area contributed by atoms with Crippen LogP contribution in [0, 0.1) is 12.7 Å². The van der Waals surface area contributed by atoms with Crippen molar-refractivity contribution in [3.63, 3.8) is 0 Å². The van der Waals surface area contributed by atoms with E-state index in [4.69, 9.17) is 9.47 Å². The third-order valence-electron chi connectivity index (χ3n) is 2.76. The summed E-state index contributed by atoms with van der Waals surface area (Å²) in [6.45, 7) is 7.50. The number of rotatable bonds is 10. The Morgan fingerprint density at radius 3 is 2.68 bits per heavy atom. The molecule has 0 saturated carbocycles. The van der Waals surface area contributed by atoms with Crippen LogP contribution < -0.4 is 10.1 Å². The molecule has 0 heterocycles. The molecule has 0 aliphatic rings. The Morgan fingerprint density at radius 2 is 1.95 bits per heavy atom. The molecule has 3 nitrogen and oxygen atoms in total. The van der Waals surface area contributed by atoms with Gasteiger partial charge in [0.25, 0.3) is 0 Å². The predicted octanol–water partition coefficient (Wildman–Crippen LogP) is 2.92. The number of ether oxygens (including phenoxy) is 2. The normalized spacial score (nSPS) is 10.7. The summed E-state index contributed by atoms with van der Waals surface area (Å²) in [4.78, 5) is 0. The number of hydrogen-bond donors (Lipinski definition) is 1. The van der Waals surface area contributed by atoms with E-state index in [2.05, 4.69) is 12.2 Å². The first-order valence-corrected chi connectivity index (χ1v) is 6.91. The largest absolute Gasteiger partial charge is 0.492 e. The van der Waals surface area contributed by atoms with Crippen molar-refractivity contribution in [2.75, 3.05) is 32.9 Å². The highest BCUT2D eigenvalue weighted by Gasteiger charge is 1.99. The minimum atomic E-state index is -0.227. The van der Waals surface area contributed by atoms with Crippen molar-refractivity contribution in [2.45, 2.75) is 26.7 Å². The van der Waals surface area contributed by atoms with Crippen molar-refractivity contribution < 1.29 is 13.9 Å². The number of halogens is 1. The van der Waals surface area contributed by atoms with Crippen molar-refractivity contribution in [1.82, 2.24) is 5.32 Å². The fourth-order valence-corrected chi connectivity index (χ4v) is 1.52. The molecule has 19 heavy (non-hydrogen) atoms. The number of benzene rings is 1. The van der Waals surface area contributed by atoms with E-state index in [0.717, 1.165) is 39.1 Å². The molecule has 4 heteroatoms. The summed E-state index contributed by atoms with van der Waals surface area (Å²) >= 11 is 0. The maximum Gasteiger partial charge on any atom is 0.129 e. The van der Waals surface area contributed by atoms with Gasteiger partial charge in [-0.3, -0.25) is 0 Å². The molecule has 0 amide bonds. The molecule has 0 atom stereocenters. The monoisotopic (exact) mass is 269 g/mol. The standard InChI is InChI=1S/C15H24FNO2/c1-3-4-9-18-10-7-17-8-11-19-14-6-5-13(2)15(16)12-14/h5-6,12,17H,3-4,7-11H2,1-2H3. The molecule has 0 spiro atoms. The second kappa shape index (κ2) is 9.75. The Bertz CT molecular complexity index is 358. The molecule has 0 bridgehead atoms. The fourth-order valence-electron chi connectivity index (χ4n) is 1.52. The zero-order chi connectivity index (χ0) is 13.9. The molecule has 0 unspecified atom stereocenters. The molecule has 0 aliphatic carbocycles. The highest BCUT2D eigenvalue weighted by Crippen LogP contribution is 2.15. The number of nitrogens with one attached hydrogen (secondary N) is 1. The average Bonchev–Trinajstić information content (AvgIpc) is 2.41. The summed E-state index contributed by atoms with van der Waals surface area (Å²) in [5.41, 5.74) is 0.634. The van der Waals surface area contributed by atoms with Crippen LogP contribution in [0.2, 0.25) is 0 Å². The number of unbranched alkanes of at least 4 members (excludes halogenated alkanes) is 1. The fraction of sp³-hybridized carbons (Fsp3) is 0.600. The maximum absolute atomic E-state index is 13.2. The smallest absolute Gasteiger partial charge is 0.129 e. The van der Waals surface area contributed by atoms with Gasteiger partial charge in [-0.15, -0.1) is 0 Å². The topological polar surface area (TPSA) is 30.5 Å². The van der Waals surface area contributed by atoms with Gasteiger partial charge in [-0.1, -0.05) is 19.4 Å². The molecule has 1 rings (SSSR count). The molecule has 1 aromatic carbocycles. The first-order valence-electron chi connectivity index (χ1n) is 6.91. The summed E-state index contributed by atoms with van der Waals surface area (Å²) < 4.78 is 24.1. The van der Waals surface area contributed by atoms with Crippen LogP contribution in [0.15, 0.2) is 18.2 Å². The van der Waals surface area contributed by atoms with Crippen LogP contribution in [0.1, 0.15) is 25.3 Å². The van der Waals surface area contributed by atoms with E-state index < -0.39 is 0 Å². The van der Waals surface area contributed by atoms with Gasteiger partial charge in [0.05, 0.1) is 6.61 Å². The number of hydrogen-bond acceptors (Lipinski definition) is 3. The zero-order valence-electron chi connectivity index (χ0n) is 11.9. The molecule has 108 valence electrons. The van der Waals surface area contributed by atoms with E-state index >= 15 is 0 Å². The molecular formula is C15H24FNO2. The molecule has 1 aromatic rings. The highest BCUT2D eigenvalue weighted by molar-refractivity contribution is 5.27. The van der Waals surface area contributed by atoms with Gasteiger partial charge in [0.15, 0.2) is 0 Å². The van der Waals surface area contributed by atoms with Crippen LogP contribution >= 0.6 is 0 Å². The molecule has 1 N–H and O–H groups in total. The van der Waals surface area contributed by atoms with Gasteiger partial charge >= 0.3 is 0 Å². The molecular weight excluding hydrogens is 245 g/mol. The quantitative estimate of drug-likeness (QED) is 0.662. The Balaban J connectivity index is 2.00. The second-order valence-electron chi connectivity index (χ2n) is 4.48. The maximum atomic E-state index is 13.2. The van der Waals surface area contributed by atoms with Crippen LogP contribution in [-0.2, 0) is 4.74 Å². The van der Waals surface area contributed by atoms with Crippen LogP contribution in [-0.4, -0.2) is 32.9 Å². The summed E-state index contributed by atoms with van der Waals surface area (Å²) in [7, 11) is 0. The van der Waals surface area contributed by atoms with Gasteiger partial charge in [-0.25, -0.2) is 4.39 Å². The lowest BCUT2D eigenvalue weighted by molar-refractivity contribution is 0.132. The Morgan fingerprint density at radius 1 is 1.16 bits per heavy atom. The van der Waals surface area contributed by atoms with Crippen molar-refractivity contribution in [2.24, 2.45) is 0 Å².